The van der Waals surface area contributed by atoms with Crippen LogP contribution in [0.25, 0.3) is 0 Å². The first-order valence-electron chi connectivity index (χ1n) is 4.45. The van der Waals surface area contributed by atoms with Gasteiger partial charge in [-0.3, -0.25) is 4.68 Å². The van der Waals surface area contributed by atoms with Crippen molar-refractivity contribution in [1.82, 2.24) is 15.0 Å². The highest BCUT2D eigenvalue weighted by Crippen LogP contribution is 2.10. The Labute approximate surface area is 86.3 Å². The fourth-order valence-electron chi connectivity index (χ4n) is 1.01. The molecular weight excluding hydrogens is 202 g/mol. The van der Waals surface area contributed by atoms with Crippen molar-refractivity contribution in [2.24, 2.45) is 0 Å². The van der Waals surface area contributed by atoms with Crippen LogP contribution < -0.4 is 0 Å². The van der Waals surface area contributed by atoms with Crippen molar-refractivity contribution in [2.45, 2.75) is 19.1 Å². The first kappa shape index (κ1) is 11.6. The molecule has 0 bridgehead atoms. The Morgan fingerprint density at radius 3 is 3.07 bits per heavy atom. The van der Waals surface area contributed by atoms with E-state index in [-0.39, 0.29) is 12.3 Å². The number of carbonyl (C=O) groups excluding carboxylic acids is 1. The first-order chi connectivity index (χ1) is 7.19. The van der Waals surface area contributed by atoms with E-state index >= 15 is 0 Å². The Hall–Kier alpha value is -1.47. The molecule has 1 aromatic rings. The van der Waals surface area contributed by atoms with Gasteiger partial charge in [0, 0.05) is 13.2 Å². The number of hydrogen-bond acceptors (Lipinski definition) is 6. The molecule has 1 heterocycles. The van der Waals surface area contributed by atoms with E-state index in [0.717, 1.165) is 0 Å². The summed E-state index contributed by atoms with van der Waals surface area (Å²) in [7, 11) is 1.18. The lowest BCUT2D eigenvalue weighted by Crippen LogP contribution is -2.13. The number of aliphatic hydroxyl groups excluding tert-OH is 2. The van der Waals surface area contributed by atoms with Crippen LogP contribution in [-0.2, 0) is 16.1 Å². The monoisotopic (exact) mass is 215 g/mol. The second-order valence-corrected chi connectivity index (χ2v) is 2.91. The molecule has 15 heavy (non-hydrogen) atoms. The largest absolute Gasteiger partial charge is 0.467 e. The molecule has 0 aromatic carbocycles. The standard InChI is InChI=1S/C8H13N3O4/c1-15-8(14)7(13)6-5-11(10-9-6)3-2-4-12/h5,7,12-13H,2-4H2,1H3. The number of aliphatic hydroxyl groups is 2. The van der Waals surface area contributed by atoms with Crippen LogP contribution in [0.4, 0.5) is 0 Å². The number of aromatic nitrogens is 3. The molecule has 2 N–H and O–H groups in total. The Morgan fingerprint density at radius 1 is 1.73 bits per heavy atom. The molecule has 0 saturated carbocycles. The van der Waals surface area contributed by atoms with E-state index < -0.39 is 12.1 Å². The molecule has 7 nitrogen and oxygen atoms in total. The van der Waals surface area contributed by atoms with Crippen molar-refractivity contribution in [3.05, 3.63) is 11.9 Å². The van der Waals surface area contributed by atoms with Gasteiger partial charge < -0.3 is 14.9 Å². The highest BCUT2D eigenvalue weighted by Gasteiger charge is 2.21. The molecule has 0 amide bonds. The summed E-state index contributed by atoms with van der Waals surface area (Å²) in [5.41, 5.74) is 0.139. The van der Waals surface area contributed by atoms with E-state index in [2.05, 4.69) is 15.0 Å². The third-order valence-electron chi connectivity index (χ3n) is 1.81. The topological polar surface area (TPSA) is 97.5 Å². The molecular formula is C8H13N3O4. The molecule has 0 aliphatic carbocycles. The van der Waals surface area contributed by atoms with Gasteiger partial charge in [-0.05, 0) is 6.42 Å². The van der Waals surface area contributed by atoms with Crippen LogP contribution in [0.2, 0.25) is 0 Å². The summed E-state index contributed by atoms with van der Waals surface area (Å²) < 4.78 is 5.79. The lowest BCUT2D eigenvalue weighted by Gasteiger charge is -2.02. The number of aryl methyl sites for hydroxylation is 1. The second-order valence-electron chi connectivity index (χ2n) is 2.91. The third-order valence-corrected chi connectivity index (χ3v) is 1.81. The minimum absolute atomic E-state index is 0.0503. The highest BCUT2D eigenvalue weighted by atomic mass is 16.5. The zero-order valence-corrected chi connectivity index (χ0v) is 8.33. The van der Waals surface area contributed by atoms with Crippen molar-refractivity contribution >= 4 is 5.97 Å². The van der Waals surface area contributed by atoms with Crippen molar-refractivity contribution in [3.63, 3.8) is 0 Å². The summed E-state index contributed by atoms with van der Waals surface area (Å²) in [5.74, 6) is -0.774. The Morgan fingerprint density at radius 2 is 2.47 bits per heavy atom. The zero-order valence-electron chi connectivity index (χ0n) is 8.33. The van der Waals surface area contributed by atoms with Crippen LogP contribution >= 0.6 is 0 Å². The van der Waals surface area contributed by atoms with Gasteiger partial charge in [0.2, 0.25) is 0 Å². The van der Waals surface area contributed by atoms with Gasteiger partial charge in [0.05, 0.1) is 13.3 Å². The molecule has 1 rings (SSSR count). The van der Waals surface area contributed by atoms with Crippen LogP contribution in [0.3, 0.4) is 0 Å². The molecule has 0 fully saturated rings. The third kappa shape index (κ3) is 3.00. The number of rotatable bonds is 5. The average Bonchev–Trinajstić information content (AvgIpc) is 2.72. The normalized spacial score (nSPS) is 12.5. The Kier molecular flexibility index (Phi) is 4.19. The molecule has 7 heteroatoms. The fourth-order valence-corrected chi connectivity index (χ4v) is 1.01. The van der Waals surface area contributed by atoms with Crippen molar-refractivity contribution in [1.29, 1.82) is 0 Å². The number of esters is 1. The van der Waals surface area contributed by atoms with Crippen LogP contribution in [0, 0.1) is 0 Å². The van der Waals surface area contributed by atoms with Gasteiger partial charge in [0.1, 0.15) is 5.69 Å². The van der Waals surface area contributed by atoms with Crippen LogP contribution in [0.1, 0.15) is 18.2 Å². The van der Waals surface area contributed by atoms with Crippen LogP contribution in [0.5, 0.6) is 0 Å². The average molecular weight is 215 g/mol. The van der Waals surface area contributed by atoms with Crippen LogP contribution in [-0.4, -0.2) is 44.9 Å². The predicted octanol–water partition coefficient (Wildman–Crippen LogP) is -1.13. The predicted molar refractivity (Wildman–Crippen MR) is 48.7 cm³/mol. The van der Waals surface area contributed by atoms with Gasteiger partial charge in [0.15, 0.2) is 6.10 Å². The van der Waals surface area contributed by atoms with Crippen molar-refractivity contribution < 1.29 is 19.7 Å². The van der Waals surface area contributed by atoms with E-state index in [4.69, 9.17) is 5.11 Å². The molecule has 1 atom stereocenters. The van der Waals surface area contributed by atoms with Gasteiger partial charge in [-0.2, -0.15) is 0 Å². The molecule has 0 spiro atoms. The second kappa shape index (κ2) is 5.42. The highest BCUT2D eigenvalue weighted by molar-refractivity contribution is 5.75. The number of ether oxygens (including phenoxy) is 1. The maximum atomic E-state index is 10.9. The van der Waals surface area contributed by atoms with E-state index in [1.807, 2.05) is 0 Å². The number of methoxy groups -OCH3 is 1. The van der Waals surface area contributed by atoms with Crippen LogP contribution in [0.15, 0.2) is 6.20 Å². The maximum absolute atomic E-state index is 10.9. The quantitative estimate of drug-likeness (QED) is 0.603. The fraction of sp³-hybridized carbons (Fsp3) is 0.625. The lowest BCUT2D eigenvalue weighted by atomic mass is 10.3. The van der Waals surface area contributed by atoms with Gasteiger partial charge in [-0.1, -0.05) is 5.21 Å². The van der Waals surface area contributed by atoms with E-state index in [0.29, 0.717) is 13.0 Å². The molecule has 0 radical (unpaired) electrons. The number of hydrogen-bond donors (Lipinski definition) is 2. The molecule has 1 unspecified atom stereocenters. The maximum Gasteiger partial charge on any atom is 0.341 e. The summed E-state index contributed by atoms with van der Waals surface area (Å²) in [6, 6.07) is 0. The SMILES string of the molecule is COC(=O)C(O)c1cn(CCCO)nn1. The lowest BCUT2D eigenvalue weighted by molar-refractivity contribution is -0.150. The van der Waals surface area contributed by atoms with Gasteiger partial charge >= 0.3 is 5.97 Å². The van der Waals surface area contributed by atoms with Gasteiger partial charge in [0.25, 0.3) is 0 Å². The first-order valence-corrected chi connectivity index (χ1v) is 4.45. The summed E-state index contributed by atoms with van der Waals surface area (Å²) in [4.78, 5) is 10.9. The minimum Gasteiger partial charge on any atom is -0.467 e. The van der Waals surface area contributed by atoms with E-state index in [1.54, 1.807) is 0 Å². The Balaban J connectivity index is 2.62. The summed E-state index contributed by atoms with van der Waals surface area (Å²) in [6.45, 7) is 0.534. The zero-order chi connectivity index (χ0) is 11.3. The van der Waals surface area contributed by atoms with Crippen molar-refractivity contribution in [2.75, 3.05) is 13.7 Å². The minimum atomic E-state index is -1.40. The molecule has 0 aliphatic rings. The smallest absolute Gasteiger partial charge is 0.341 e. The summed E-state index contributed by atoms with van der Waals surface area (Å²) >= 11 is 0. The van der Waals surface area contributed by atoms with Crippen molar-refractivity contribution in [3.8, 4) is 0 Å². The van der Waals surface area contributed by atoms with E-state index in [9.17, 15) is 9.90 Å². The molecule has 1 aromatic heterocycles. The molecule has 0 aliphatic heterocycles. The van der Waals surface area contributed by atoms with E-state index in [1.165, 1.54) is 18.0 Å². The number of carbonyl (C=O) groups is 1. The number of nitrogens with zero attached hydrogens (tertiary/aromatic N) is 3. The van der Waals surface area contributed by atoms with Gasteiger partial charge in [-0.15, -0.1) is 5.10 Å². The molecule has 84 valence electrons. The Bertz CT molecular complexity index is 325. The van der Waals surface area contributed by atoms with Gasteiger partial charge in [-0.25, -0.2) is 4.79 Å². The summed E-state index contributed by atoms with van der Waals surface area (Å²) in [5, 5.41) is 25.3. The molecule has 0 saturated heterocycles. The summed E-state index contributed by atoms with van der Waals surface area (Å²) in [6.07, 6.45) is 0.576.